The van der Waals surface area contributed by atoms with E-state index in [0.717, 1.165) is 10.6 Å². The first-order valence-electron chi connectivity index (χ1n) is 5.32. The van der Waals surface area contributed by atoms with Crippen LogP contribution in [0.2, 0.25) is 5.02 Å². The summed E-state index contributed by atoms with van der Waals surface area (Å²) in [5, 5.41) is 14.5. The average Bonchev–Trinajstić information content (AvgIpc) is 3.02. The lowest BCUT2D eigenvalue weighted by atomic mass is 10.2. The molecule has 0 aliphatic heterocycles. The SMILES string of the molecule is Clc1ccc(Cn2ccnc2-c2nn[nH]n2)cc1. The van der Waals surface area contributed by atoms with Gasteiger partial charge in [0.1, 0.15) is 0 Å². The van der Waals surface area contributed by atoms with Crippen molar-refractivity contribution in [1.29, 1.82) is 0 Å². The molecule has 7 heteroatoms. The summed E-state index contributed by atoms with van der Waals surface area (Å²) in [5.41, 5.74) is 1.13. The number of nitrogens with one attached hydrogen (secondary N) is 1. The van der Waals surface area contributed by atoms with Gasteiger partial charge in [0.2, 0.25) is 5.82 Å². The van der Waals surface area contributed by atoms with E-state index in [0.29, 0.717) is 18.2 Å². The zero-order valence-corrected chi connectivity index (χ0v) is 10.0. The highest BCUT2D eigenvalue weighted by Gasteiger charge is 2.10. The van der Waals surface area contributed by atoms with Crippen molar-refractivity contribution in [3.05, 3.63) is 47.2 Å². The maximum atomic E-state index is 5.85. The predicted molar refractivity (Wildman–Crippen MR) is 66.0 cm³/mol. The van der Waals surface area contributed by atoms with Crippen LogP contribution >= 0.6 is 11.6 Å². The normalized spacial score (nSPS) is 10.7. The first kappa shape index (κ1) is 10.9. The minimum Gasteiger partial charge on any atom is -0.324 e. The molecule has 1 aromatic carbocycles. The van der Waals surface area contributed by atoms with Crippen LogP contribution in [0.25, 0.3) is 11.6 Å². The summed E-state index contributed by atoms with van der Waals surface area (Å²) in [7, 11) is 0. The Kier molecular flexibility index (Phi) is 2.77. The van der Waals surface area contributed by atoms with Gasteiger partial charge >= 0.3 is 0 Å². The van der Waals surface area contributed by atoms with Crippen LogP contribution in [-0.2, 0) is 6.54 Å². The van der Waals surface area contributed by atoms with Gasteiger partial charge in [0, 0.05) is 24.0 Å². The van der Waals surface area contributed by atoms with Crippen LogP contribution in [0.5, 0.6) is 0 Å². The molecular formula is C11H9ClN6. The van der Waals surface area contributed by atoms with Gasteiger partial charge in [-0.3, -0.25) is 0 Å². The third kappa shape index (κ3) is 2.10. The van der Waals surface area contributed by atoms with Crippen molar-refractivity contribution >= 4 is 11.6 Å². The van der Waals surface area contributed by atoms with Crippen LogP contribution in [0.4, 0.5) is 0 Å². The number of hydrogen-bond donors (Lipinski definition) is 1. The monoisotopic (exact) mass is 260 g/mol. The van der Waals surface area contributed by atoms with Crippen LogP contribution < -0.4 is 0 Å². The smallest absolute Gasteiger partial charge is 0.240 e. The molecule has 0 bridgehead atoms. The van der Waals surface area contributed by atoms with Gasteiger partial charge in [-0.15, -0.1) is 10.2 Å². The fraction of sp³-hybridized carbons (Fsp3) is 0.0909. The Balaban J connectivity index is 1.90. The quantitative estimate of drug-likeness (QED) is 0.779. The highest BCUT2D eigenvalue weighted by Crippen LogP contribution is 2.15. The van der Waals surface area contributed by atoms with E-state index in [1.165, 1.54) is 0 Å². The zero-order valence-electron chi connectivity index (χ0n) is 9.29. The molecule has 1 N–H and O–H groups in total. The highest BCUT2D eigenvalue weighted by atomic mass is 35.5. The summed E-state index contributed by atoms with van der Waals surface area (Å²) >= 11 is 5.85. The third-order valence-electron chi connectivity index (χ3n) is 2.53. The van der Waals surface area contributed by atoms with Crippen molar-refractivity contribution in [2.24, 2.45) is 0 Å². The molecule has 0 atom stereocenters. The molecule has 0 saturated heterocycles. The van der Waals surface area contributed by atoms with Gasteiger partial charge in [-0.2, -0.15) is 5.21 Å². The Labute approximate surface area is 108 Å². The highest BCUT2D eigenvalue weighted by molar-refractivity contribution is 6.30. The van der Waals surface area contributed by atoms with E-state index >= 15 is 0 Å². The lowest BCUT2D eigenvalue weighted by molar-refractivity contribution is 0.799. The molecule has 0 amide bonds. The Morgan fingerprint density at radius 3 is 2.78 bits per heavy atom. The van der Waals surface area contributed by atoms with E-state index in [9.17, 15) is 0 Å². The fourth-order valence-corrected chi connectivity index (χ4v) is 1.81. The molecule has 2 heterocycles. The molecule has 0 unspecified atom stereocenters. The number of aromatic nitrogens is 6. The molecule has 0 radical (unpaired) electrons. The summed E-state index contributed by atoms with van der Waals surface area (Å²) in [4.78, 5) is 4.22. The summed E-state index contributed by atoms with van der Waals surface area (Å²) in [6.45, 7) is 0.682. The summed E-state index contributed by atoms with van der Waals surface area (Å²) in [5.74, 6) is 1.16. The second-order valence-electron chi connectivity index (χ2n) is 3.74. The van der Waals surface area contributed by atoms with Gasteiger partial charge in [-0.1, -0.05) is 23.7 Å². The van der Waals surface area contributed by atoms with Crippen LogP contribution in [0.15, 0.2) is 36.7 Å². The van der Waals surface area contributed by atoms with E-state index in [4.69, 9.17) is 11.6 Å². The minimum atomic E-state index is 0.481. The Hall–Kier alpha value is -2.21. The topological polar surface area (TPSA) is 72.3 Å². The number of rotatable bonds is 3. The number of benzene rings is 1. The molecular weight excluding hydrogens is 252 g/mol. The number of hydrogen-bond acceptors (Lipinski definition) is 4. The van der Waals surface area contributed by atoms with Crippen LogP contribution in [0.1, 0.15) is 5.56 Å². The predicted octanol–water partition coefficient (Wildman–Crippen LogP) is 1.76. The molecule has 0 saturated carbocycles. The zero-order chi connectivity index (χ0) is 12.4. The molecule has 0 aliphatic rings. The maximum Gasteiger partial charge on any atom is 0.240 e. The standard InChI is InChI=1S/C11H9ClN6/c12-9-3-1-8(2-4-9)7-18-6-5-13-11(18)10-14-16-17-15-10/h1-6H,7H2,(H,14,15,16,17). The molecule has 6 nitrogen and oxygen atoms in total. The van der Waals surface area contributed by atoms with Crippen molar-refractivity contribution in [3.8, 4) is 11.6 Å². The number of nitrogens with zero attached hydrogens (tertiary/aromatic N) is 5. The minimum absolute atomic E-state index is 0.481. The Morgan fingerprint density at radius 2 is 2.06 bits per heavy atom. The van der Waals surface area contributed by atoms with Crippen LogP contribution in [0, 0.1) is 0 Å². The van der Waals surface area contributed by atoms with E-state index in [1.54, 1.807) is 6.20 Å². The molecule has 0 aliphatic carbocycles. The Bertz CT molecular complexity index is 628. The number of halogens is 1. The first-order chi connectivity index (χ1) is 8.83. The van der Waals surface area contributed by atoms with E-state index in [-0.39, 0.29) is 0 Å². The van der Waals surface area contributed by atoms with E-state index in [1.807, 2.05) is 35.0 Å². The van der Waals surface area contributed by atoms with E-state index in [2.05, 4.69) is 25.6 Å². The largest absolute Gasteiger partial charge is 0.324 e. The number of aromatic amines is 1. The average molecular weight is 261 g/mol. The molecule has 90 valence electrons. The van der Waals surface area contributed by atoms with Crippen LogP contribution in [-0.4, -0.2) is 30.2 Å². The van der Waals surface area contributed by atoms with E-state index < -0.39 is 0 Å². The molecule has 3 aromatic rings. The lowest BCUT2D eigenvalue weighted by Crippen LogP contribution is -2.01. The van der Waals surface area contributed by atoms with Crippen molar-refractivity contribution in [1.82, 2.24) is 30.2 Å². The van der Waals surface area contributed by atoms with Gasteiger partial charge in [0.15, 0.2) is 5.82 Å². The second-order valence-corrected chi connectivity index (χ2v) is 4.18. The Morgan fingerprint density at radius 1 is 1.22 bits per heavy atom. The van der Waals surface area contributed by atoms with Crippen molar-refractivity contribution in [2.45, 2.75) is 6.54 Å². The third-order valence-corrected chi connectivity index (χ3v) is 2.78. The van der Waals surface area contributed by atoms with Gasteiger partial charge in [0.25, 0.3) is 0 Å². The lowest BCUT2D eigenvalue weighted by Gasteiger charge is -2.05. The van der Waals surface area contributed by atoms with Crippen LogP contribution in [0.3, 0.4) is 0 Å². The van der Waals surface area contributed by atoms with Crippen molar-refractivity contribution < 1.29 is 0 Å². The molecule has 3 rings (SSSR count). The molecule has 2 aromatic heterocycles. The van der Waals surface area contributed by atoms with Gasteiger partial charge in [-0.05, 0) is 22.9 Å². The maximum absolute atomic E-state index is 5.85. The molecule has 0 fully saturated rings. The number of imidazole rings is 1. The van der Waals surface area contributed by atoms with Crippen molar-refractivity contribution in [2.75, 3.05) is 0 Å². The second kappa shape index (κ2) is 4.58. The van der Waals surface area contributed by atoms with Crippen molar-refractivity contribution in [3.63, 3.8) is 0 Å². The number of H-pyrrole nitrogens is 1. The van der Waals surface area contributed by atoms with Gasteiger partial charge < -0.3 is 4.57 Å². The number of tetrazole rings is 1. The summed E-state index contributed by atoms with van der Waals surface area (Å²) in [6, 6.07) is 7.67. The first-order valence-corrected chi connectivity index (χ1v) is 5.70. The molecule has 0 spiro atoms. The fourth-order valence-electron chi connectivity index (χ4n) is 1.69. The molecule has 18 heavy (non-hydrogen) atoms. The van der Waals surface area contributed by atoms with Gasteiger partial charge in [-0.25, -0.2) is 4.98 Å². The summed E-state index contributed by atoms with van der Waals surface area (Å²) < 4.78 is 1.95. The van der Waals surface area contributed by atoms with Gasteiger partial charge in [0.05, 0.1) is 0 Å². The summed E-state index contributed by atoms with van der Waals surface area (Å²) in [6.07, 6.45) is 3.59.